The molecule has 1 aliphatic rings. The number of amides is 1. The molecule has 0 spiro atoms. The second-order valence-electron chi connectivity index (χ2n) is 4.54. The lowest BCUT2D eigenvalue weighted by atomic mass is 9.99. The lowest BCUT2D eigenvalue weighted by Gasteiger charge is -2.14. The van der Waals surface area contributed by atoms with E-state index in [1.54, 1.807) is 24.3 Å². The third kappa shape index (κ3) is 2.09. The average molecular weight is 306 g/mol. The van der Waals surface area contributed by atoms with Gasteiger partial charge in [-0.3, -0.25) is 19.4 Å². The zero-order chi connectivity index (χ0) is 15.1. The number of H-pyrrole nitrogens is 1. The van der Waals surface area contributed by atoms with Gasteiger partial charge in [-0.25, -0.2) is 0 Å². The maximum atomic E-state index is 12.5. The number of hydrogen-bond donors (Lipinski definition) is 3. The second kappa shape index (κ2) is 4.74. The summed E-state index contributed by atoms with van der Waals surface area (Å²) in [6.07, 6.45) is 0. The van der Waals surface area contributed by atoms with Crippen molar-refractivity contribution in [1.82, 2.24) is 4.98 Å². The molecule has 21 heavy (non-hydrogen) atoms. The fourth-order valence-corrected chi connectivity index (χ4v) is 3.31. The van der Waals surface area contributed by atoms with E-state index in [9.17, 15) is 19.5 Å². The lowest BCUT2D eigenvalue weighted by molar-refractivity contribution is -0.136. The van der Waals surface area contributed by atoms with Crippen molar-refractivity contribution < 1.29 is 19.8 Å². The molecule has 2 heterocycles. The van der Waals surface area contributed by atoms with Gasteiger partial charge in [0.15, 0.2) is 0 Å². The van der Waals surface area contributed by atoms with E-state index in [1.165, 1.54) is 0 Å². The predicted molar refractivity (Wildman–Crippen MR) is 74.9 cm³/mol. The summed E-state index contributed by atoms with van der Waals surface area (Å²) in [5.41, 5.74) is 1.06. The Morgan fingerprint density at radius 1 is 1.33 bits per heavy atom. The Morgan fingerprint density at radius 3 is 2.67 bits per heavy atom. The molecule has 0 saturated carbocycles. The van der Waals surface area contributed by atoms with Gasteiger partial charge in [0.05, 0.1) is 4.88 Å². The molecule has 2 aromatic rings. The summed E-state index contributed by atoms with van der Waals surface area (Å²) in [5, 5.41) is 18.7. The number of aromatic amines is 1. The predicted octanol–water partition coefficient (Wildman–Crippen LogP) is 0.705. The van der Waals surface area contributed by atoms with Crippen molar-refractivity contribution in [3.63, 3.8) is 0 Å². The van der Waals surface area contributed by atoms with Crippen molar-refractivity contribution in [2.45, 2.75) is 5.92 Å². The Hall–Kier alpha value is -2.61. The third-order valence-electron chi connectivity index (χ3n) is 3.26. The molecule has 108 valence electrons. The number of carboxylic acids is 1. The van der Waals surface area contributed by atoms with E-state index >= 15 is 0 Å². The molecule has 1 aliphatic heterocycles. The number of carbonyl (C=O) groups excluding carboxylic acids is 1. The van der Waals surface area contributed by atoms with E-state index in [0.717, 1.165) is 16.2 Å². The van der Waals surface area contributed by atoms with Crippen LogP contribution in [0.4, 0.5) is 5.69 Å². The first-order valence-corrected chi connectivity index (χ1v) is 6.84. The number of hydrogen-bond acceptors (Lipinski definition) is 5. The fourth-order valence-electron chi connectivity index (χ4n) is 2.46. The van der Waals surface area contributed by atoms with Crippen molar-refractivity contribution in [2.75, 3.05) is 11.4 Å². The Bertz CT molecular complexity index is 794. The average Bonchev–Trinajstić information content (AvgIpc) is 2.88. The van der Waals surface area contributed by atoms with Gasteiger partial charge in [0.2, 0.25) is 11.8 Å². The summed E-state index contributed by atoms with van der Waals surface area (Å²) >= 11 is 0.744. The standard InChI is InChI=1S/C13H10N2O5S/c16-8(17)5-15-7-4-2-1-3-6(7)9(12(15)19)10-11(18)14-13(20)21-10/h1-4,9,18H,5H2,(H,14,20)(H,16,17). The van der Waals surface area contributed by atoms with Crippen LogP contribution < -0.4 is 9.77 Å². The van der Waals surface area contributed by atoms with Gasteiger partial charge in [-0.05, 0) is 11.6 Å². The Labute approximate surface area is 122 Å². The summed E-state index contributed by atoms with van der Waals surface area (Å²) in [7, 11) is 0. The molecule has 7 nitrogen and oxygen atoms in total. The zero-order valence-electron chi connectivity index (χ0n) is 10.6. The number of thiazole rings is 1. The Kier molecular flexibility index (Phi) is 3.02. The molecular formula is C13H10N2O5S. The van der Waals surface area contributed by atoms with E-state index in [-0.39, 0.29) is 10.8 Å². The van der Waals surface area contributed by atoms with Gasteiger partial charge < -0.3 is 15.1 Å². The molecule has 0 fully saturated rings. The normalized spacial score (nSPS) is 17.0. The smallest absolute Gasteiger partial charge is 0.323 e. The largest absolute Gasteiger partial charge is 0.494 e. The Balaban J connectivity index is 2.14. The molecular weight excluding hydrogens is 296 g/mol. The summed E-state index contributed by atoms with van der Waals surface area (Å²) in [4.78, 5) is 37.9. The van der Waals surface area contributed by atoms with Gasteiger partial charge in [0.25, 0.3) is 0 Å². The summed E-state index contributed by atoms with van der Waals surface area (Å²) < 4.78 is 0. The van der Waals surface area contributed by atoms with Crippen molar-refractivity contribution in [1.29, 1.82) is 0 Å². The number of carboxylic acid groups (broad SMARTS) is 1. The SMILES string of the molecule is O=C(O)CN1C(=O)C(c2sc(=O)[nH]c2O)c2ccccc21. The zero-order valence-corrected chi connectivity index (χ0v) is 11.4. The van der Waals surface area contributed by atoms with Crippen molar-refractivity contribution >= 4 is 28.9 Å². The Morgan fingerprint density at radius 2 is 2.05 bits per heavy atom. The van der Waals surface area contributed by atoms with Crippen LogP contribution in [0.25, 0.3) is 0 Å². The van der Waals surface area contributed by atoms with Gasteiger partial charge in [-0.15, -0.1) is 0 Å². The van der Waals surface area contributed by atoms with E-state index in [2.05, 4.69) is 4.98 Å². The van der Waals surface area contributed by atoms with Crippen LogP contribution in [0.2, 0.25) is 0 Å². The number of fused-ring (bicyclic) bond motifs is 1. The molecule has 8 heteroatoms. The molecule has 0 saturated heterocycles. The van der Waals surface area contributed by atoms with Gasteiger partial charge in [-0.2, -0.15) is 0 Å². The highest BCUT2D eigenvalue weighted by Crippen LogP contribution is 2.43. The maximum absolute atomic E-state index is 12.5. The number of aromatic hydroxyl groups is 1. The number of nitrogens with zero attached hydrogens (tertiary/aromatic N) is 1. The van der Waals surface area contributed by atoms with Crippen molar-refractivity contribution in [3.8, 4) is 5.88 Å². The number of nitrogens with one attached hydrogen (secondary N) is 1. The van der Waals surface area contributed by atoms with Crippen LogP contribution in [0.5, 0.6) is 5.88 Å². The van der Waals surface area contributed by atoms with E-state index in [4.69, 9.17) is 5.11 Å². The maximum Gasteiger partial charge on any atom is 0.323 e. The quantitative estimate of drug-likeness (QED) is 0.773. The van der Waals surface area contributed by atoms with Gasteiger partial charge in [0.1, 0.15) is 12.5 Å². The molecule has 0 bridgehead atoms. The van der Waals surface area contributed by atoms with Gasteiger partial charge >= 0.3 is 10.8 Å². The highest BCUT2D eigenvalue weighted by atomic mass is 32.1. The third-order valence-corrected chi connectivity index (χ3v) is 4.20. The molecule has 1 atom stereocenters. The van der Waals surface area contributed by atoms with Crippen LogP contribution in [-0.2, 0) is 9.59 Å². The fraction of sp³-hybridized carbons (Fsp3) is 0.154. The number of carbonyl (C=O) groups is 2. The number of para-hydroxylation sites is 1. The van der Waals surface area contributed by atoms with Crippen LogP contribution in [-0.4, -0.2) is 33.6 Å². The van der Waals surface area contributed by atoms with E-state index < -0.39 is 29.2 Å². The highest BCUT2D eigenvalue weighted by Gasteiger charge is 2.41. The van der Waals surface area contributed by atoms with E-state index in [0.29, 0.717) is 11.3 Å². The topological polar surface area (TPSA) is 111 Å². The molecule has 0 radical (unpaired) electrons. The minimum Gasteiger partial charge on any atom is -0.494 e. The minimum absolute atomic E-state index is 0.199. The number of rotatable bonds is 3. The monoisotopic (exact) mass is 306 g/mol. The van der Waals surface area contributed by atoms with Crippen molar-refractivity contribution in [2.24, 2.45) is 0 Å². The summed E-state index contributed by atoms with van der Waals surface area (Å²) in [6.45, 7) is -0.466. The molecule has 0 aliphatic carbocycles. The van der Waals surface area contributed by atoms with Gasteiger partial charge in [0, 0.05) is 5.69 Å². The molecule has 1 aromatic heterocycles. The van der Waals surface area contributed by atoms with Crippen LogP contribution >= 0.6 is 11.3 Å². The van der Waals surface area contributed by atoms with Gasteiger partial charge in [-0.1, -0.05) is 29.5 Å². The van der Waals surface area contributed by atoms with Crippen LogP contribution in [0.3, 0.4) is 0 Å². The molecule has 3 N–H and O–H groups in total. The first-order chi connectivity index (χ1) is 9.99. The summed E-state index contributed by atoms with van der Waals surface area (Å²) in [5.74, 6) is -2.81. The number of aliphatic carboxylic acids is 1. The first-order valence-electron chi connectivity index (χ1n) is 6.03. The lowest BCUT2D eigenvalue weighted by Crippen LogP contribution is -2.33. The highest BCUT2D eigenvalue weighted by molar-refractivity contribution is 7.09. The van der Waals surface area contributed by atoms with Crippen molar-refractivity contribution in [3.05, 3.63) is 44.4 Å². The minimum atomic E-state index is -1.13. The molecule has 3 rings (SSSR count). The number of aromatic nitrogens is 1. The summed E-state index contributed by atoms with van der Waals surface area (Å²) in [6, 6.07) is 6.74. The number of anilines is 1. The van der Waals surface area contributed by atoms with Crippen LogP contribution in [0, 0.1) is 0 Å². The van der Waals surface area contributed by atoms with Crippen LogP contribution in [0.1, 0.15) is 16.4 Å². The van der Waals surface area contributed by atoms with Crippen LogP contribution in [0.15, 0.2) is 29.1 Å². The molecule has 1 unspecified atom stereocenters. The molecule has 1 amide bonds. The molecule has 1 aromatic carbocycles. The number of benzene rings is 1. The van der Waals surface area contributed by atoms with E-state index in [1.807, 2.05) is 0 Å². The second-order valence-corrected chi connectivity index (χ2v) is 5.55. The first kappa shape index (κ1) is 13.4.